The molecule has 0 aliphatic heterocycles. The van der Waals surface area contributed by atoms with Crippen LogP contribution in [0.15, 0.2) is 65.8 Å². The molecule has 196 valence electrons. The van der Waals surface area contributed by atoms with E-state index in [0.717, 1.165) is 78.7 Å². The van der Waals surface area contributed by atoms with Crippen LogP contribution in [0.25, 0.3) is 11.1 Å². The third-order valence-corrected chi connectivity index (χ3v) is 6.92. The number of amidine groups is 1. The van der Waals surface area contributed by atoms with Crippen molar-refractivity contribution in [3.63, 3.8) is 0 Å². The number of nitrogens with one attached hydrogen (secondary N) is 2. The summed E-state index contributed by atoms with van der Waals surface area (Å²) in [6.07, 6.45) is 7.23. The van der Waals surface area contributed by atoms with Crippen LogP contribution in [0.5, 0.6) is 0 Å². The van der Waals surface area contributed by atoms with Gasteiger partial charge in [0.25, 0.3) is 0 Å². The lowest BCUT2D eigenvalue weighted by molar-refractivity contribution is -0.139. The molecule has 0 unspecified atom stereocenters. The fourth-order valence-corrected chi connectivity index (χ4v) is 4.81. The lowest BCUT2D eigenvalue weighted by Crippen LogP contribution is -2.40. The monoisotopic (exact) mass is 490 g/mol. The summed E-state index contributed by atoms with van der Waals surface area (Å²) in [6, 6.07) is 16.8. The van der Waals surface area contributed by atoms with E-state index in [9.17, 15) is 4.79 Å². The molecule has 1 fully saturated rings. The normalized spacial score (nSPS) is 14.6. The second kappa shape index (κ2) is 14.6. The fourth-order valence-electron chi connectivity index (χ4n) is 4.81. The van der Waals surface area contributed by atoms with E-state index in [4.69, 9.17) is 0 Å². The smallest absolute Gasteiger partial charge is 0.232 e. The zero-order valence-electron chi connectivity index (χ0n) is 23.3. The van der Waals surface area contributed by atoms with Crippen molar-refractivity contribution in [2.45, 2.75) is 79.2 Å². The van der Waals surface area contributed by atoms with Crippen molar-refractivity contribution < 1.29 is 4.79 Å². The number of benzene rings is 2. The maximum absolute atomic E-state index is 13.6. The number of amides is 1. The van der Waals surface area contributed by atoms with Gasteiger partial charge in [-0.3, -0.25) is 9.79 Å². The van der Waals surface area contributed by atoms with Crippen molar-refractivity contribution in [1.82, 2.24) is 15.8 Å². The molecule has 3 rings (SSSR count). The predicted octanol–water partition coefficient (Wildman–Crippen LogP) is 7.09. The molecule has 2 N–H and O–H groups in total. The number of hydrazine groups is 1. The second-order valence-electron chi connectivity index (χ2n) is 9.52. The Morgan fingerprint density at radius 2 is 1.72 bits per heavy atom. The van der Waals surface area contributed by atoms with Gasteiger partial charge in [-0.2, -0.15) is 0 Å². The third kappa shape index (κ3) is 7.30. The average molecular weight is 491 g/mol. The summed E-state index contributed by atoms with van der Waals surface area (Å²) in [6.45, 7) is 13.2. The van der Waals surface area contributed by atoms with Crippen LogP contribution in [0, 0.1) is 5.41 Å². The Bertz CT molecular complexity index is 1000. The molecule has 0 aromatic heterocycles. The van der Waals surface area contributed by atoms with Crippen LogP contribution in [0.3, 0.4) is 0 Å². The van der Waals surface area contributed by atoms with E-state index >= 15 is 0 Å². The van der Waals surface area contributed by atoms with Crippen molar-refractivity contribution >= 4 is 11.7 Å². The summed E-state index contributed by atoms with van der Waals surface area (Å²) in [5, 5.41) is 0. The Morgan fingerprint density at radius 3 is 2.31 bits per heavy atom. The van der Waals surface area contributed by atoms with Crippen molar-refractivity contribution in [2.75, 3.05) is 14.1 Å². The van der Waals surface area contributed by atoms with Gasteiger partial charge in [0.15, 0.2) is 0 Å². The van der Waals surface area contributed by atoms with Gasteiger partial charge in [0.2, 0.25) is 5.91 Å². The molecule has 0 saturated heterocycles. The van der Waals surface area contributed by atoms with Crippen molar-refractivity contribution in [2.24, 2.45) is 10.4 Å². The molecule has 5 heteroatoms. The molecule has 36 heavy (non-hydrogen) atoms. The van der Waals surface area contributed by atoms with E-state index in [2.05, 4.69) is 72.7 Å². The summed E-state index contributed by atoms with van der Waals surface area (Å²) in [5.74, 6) is 1.03. The summed E-state index contributed by atoms with van der Waals surface area (Å²) in [7, 11) is 3.61. The van der Waals surface area contributed by atoms with Crippen LogP contribution in [0.1, 0.15) is 83.8 Å². The van der Waals surface area contributed by atoms with Crippen molar-refractivity contribution in [3.05, 3.63) is 71.9 Å². The number of carbonyl (C=O) groups is 1. The van der Waals surface area contributed by atoms with E-state index in [0.29, 0.717) is 6.54 Å². The molecule has 0 spiro atoms. The minimum Gasteiger partial charge on any atom is -0.312 e. The molecule has 1 aliphatic carbocycles. The van der Waals surface area contributed by atoms with Crippen LogP contribution in [0.4, 0.5) is 0 Å². The molecule has 2 aromatic rings. The van der Waals surface area contributed by atoms with Gasteiger partial charge in [0, 0.05) is 30.8 Å². The fraction of sp³-hybridized carbons (Fsp3) is 0.484. The highest BCUT2D eigenvalue weighted by Crippen LogP contribution is 2.40. The SMILES string of the molecule is C=C(CCCC)N(Cc1ccc(-c2ccccc2C(=NC)NNC)cc1)C(=O)C1(C)CCCC1.CC. The molecule has 1 saturated carbocycles. The second-order valence-corrected chi connectivity index (χ2v) is 9.52. The maximum Gasteiger partial charge on any atom is 0.232 e. The Balaban J connectivity index is 0.00000222. The van der Waals surface area contributed by atoms with Crippen LogP contribution < -0.4 is 10.9 Å². The number of allylic oxidation sites excluding steroid dienone is 1. The quantitative estimate of drug-likeness (QED) is 0.212. The van der Waals surface area contributed by atoms with Crippen molar-refractivity contribution in [3.8, 4) is 11.1 Å². The van der Waals surface area contributed by atoms with Gasteiger partial charge >= 0.3 is 0 Å². The molecule has 0 radical (unpaired) electrons. The van der Waals surface area contributed by atoms with Gasteiger partial charge in [-0.25, -0.2) is 5.43 Å². The van der Waals surface area contributed by atoms with Crippen LogP contribution in [0.2, 0.25) is 0 Å². The zero-order valence-corrected chi connectivity index (χ0v) is 23.3. The minimum atomic E-state index is -0.260. The van der Waals surface area contributed by atoms with Crippen molar-refractivity contribution in [1.29, 1.82) is 0 Å². The average Bonchev–Trinajstić information content (AvgIpc) is 3.37. The van der Waals surface area contributed by atoms with Crippen LogP contribution in [-0.4, -0.2) is 30.7 Å². The number of aliphatic imine (C=N–C) groups is 1. The van der Waals surface area contributed by atoms with Crippen LogP contribution in [-0.2, 0) is 11.3 Å². The number of hydrogen-bond donors (Lipinski definition) is 2. The van der Waals surface area contributed by atoms with E-state index in [1.165, 1.54) is 0 Å². The first-order valence-corrected chi connectivity index (χ1v) is 13.5. The van der Waals surface area contributed by atoms with E-state index in [1.54, 1.807) is 7.05 Å². The molecule has 5 nitrogen and oxygen atoms in total. The molecule has 0 atom stereocenters. The lowest BCUT2D eigenvalue weighted by atomic mass is 9.86. The van der Waals surface area contributed by atoms with Gasteiger partial charge in [-0.05, 0) is 42.4 Å². The molecule has 0 heterocycles. The summed E-state index contributed by atoms with van der Waals surface area (Å²) < 4.78 is 0. The lowest BCUT2D eigenvalue weighted by Gasteiger charge is -2.33. The third-order valence-electron chi connectivity index (χ3n) is 6.92. The summed E-state index contributed by atoms with van der Waals surface area (Å²) in [5.41, 5.74) is 11.1. The molecular formula is C31H46N4O. The van der Waals surface area contributed by atoms with Gasteiger partial charge in [0.1, 0.15) is 5.84 Å². The first-order chi connectivity index (χ1) is 17.4. The molecule has 0 bridgehead atoms. The number of rotatable bonds is 10. The van der Waals surface area contributed by atoms with E-state index in [-0.39, 0.29) is 11.3 Å². The van der Waals surface area contributed by atoms with Gasteiger partial charge in [-0.1, -0.05) is 102 Å². The molecule has 2 aromatic carbocycles. The number of nitrogens with zero attached hydrogens (tertiary/aromatic N) is 2. The molecule has 1 amide bonds. The Morgan fingerprint density at radius 1 is 1.08 bits per heavy atom. The Hall–Kier alpha value is -2.92. The first-order valence-electron chi connectivity index (χ1n) is 13.5. The first kappa shape index (κ1) is 29.3. The van der Waals surface area contributed by atoms with E-state index in [1.807, 2.05) is 37.9 Å². The number of hydrogen-bond acceptors (Lipinski definition) is 3. The summed E-state index contributed by atoms with van der Waals surface area (Å²) >= 11 is 0. The number of unbranched alkanes of at least 4 members (excludes halogenated alkanes) is 1. The van der Waals surface area contributed by atoms with Gasteiger partial charge in [0.05, 0.1) is 6.54 Å². The Labute approximate surface area is 219 Å². The highest BCUT2D eigenvalue weighted by atomic mass is 16.2. The number of carbonyl (C=O) groups excluding carboxylic acids is 1. The highest BCUT2D eigenvalue weighted by Gasteiger charge is 2.39. The van der Waals surface area contributed by atoms with Crippen LogP contribution >= 0.6 is 0 Å². The topological polar surface area (TPSA) is 56.7 Å². The largest absolute Gasteiger partial charge is 0.312 e. The highest BCUT2D eigenvalue weighted by molar-refractivity contribution is 6.04. The van der Waals surface area contributed by atoms with Gasteiger partial charge < -0.3 is 10.3 Å². The van der Waals surface area contributed by atoms with Gasteiger partial charge in [-0.15, -0.1) is 0 Å². The predicted molar refractivity (Wildman–Crippen MR) is 154 cm³/mol. The zero-order chi connectivity index (χ0) is 26.6. The molecule has 1 aliphatic rings. The standard InChI is InChI=1S/C29H40N4O.C2H6/c1-6-7-12-22(2)33(28(34)29(3)19-10-11-20-29)21-23-15-17-24(18-16-23)25-13-8-9-14-26(25)27(30-4)32-31-5;1-2/h8-9,13-18,31H,2,6-7,10-12,19-21H2,1,3-5H3,(H,30,32);1-2H3. The maximum atomic E-state index is 13.6. The van der Waals surface area contributed by atoms with E-state index < -0.39 is 0 Å². The molecular weight excluding hydrogens is 444 g/mol. The summed E-state index contributed by atoms with van der Waals surface area (Å²) in [4.78, 5) is 20.0. The minimum absolute atomic E-state index is 0.238. The Kier molecular flexibility index (Phi) is 11.9.